The SMILES string of the molecule is Cc1ccc(C(N)C(=O)Nc2ccc(C(=O)O)cc2)cc1. The molecule has 2 rings (SSSR count). The van der Waals surface area contributed by atoms with E-state index in [-0.39, 0.29) is 11.5 Å². The van der Waals surface area contributed by atoms with E-state index in [4.69, 9.17) is 10.8 Å². The van der Waals surface area contributed by atoms with E-state index < -0.39 is 12.0 Å². The molecule has 0 spiro atoms. The normalized spacial score (nSPS) is 11.7. The number of nitrogens with one attached hydrogen (secondary N) is 1. The molecule has 0 aliphatic rings. The van der Waals surface area contributed by atoms with Crippen LogP contribution < -0.4 is 11.1 Å². The van der Waals surface area contributed by atoms with Gasteiger partial charge in [-0.2, -0.15) is 0 Å². The summed E-state index contributed by atoms with van der Waals surface area (Å²) >= 11 is 0. The van der Waals surface area contributed by atoms with E-state index in [1.54, 1.807) is 0 Å². The Labute approximate surface area is 122 Å². The van der Waals surface area contributed by atoms with Crippen LogP contribution in [0.15, 0.2) is 48.5 Å². The van der Waals surface area contributed by atoms with Crippen LogP contribution >= 0.6 is 0 Å². The number of hydrogen-bond donors (Lipinski definition) is 3. The Morgan fingerprint density at radius 1 is 1.05 bits per heavy atom. The molecule has 0 aliphatic carbocycles. The number of rotatable bonds is 4. The molecule has 5 nitrogen and oxygen atoms in total. The number of nitrogens with two attached hydrogens (primary N) is 1. The summed E-state index contributed by atoms with van der Waals surface area (Å²) in [5, 5.41) is 11.5. The van der Waals surface area contributed by atoms with Crippen LogP contribution in [0, 0.1) is 6.92 Å². The van der Waals surface area contributed by atoms with Gasteiger partial charge in [0.05, 0.1) is 5.56 Å². The van der Waals surface area contributed by atoms with E-state index >= 15 is 0 Å². The van der Waals surface area contributed by atoms with E-state index in [9.17, 15) is 9.59 Å². The number of carboxylic acid groups (broad SMARTS) is 1. The van der Waals surface area contributed by atoms with Crippen molar-refractivity contribution in [1.82, 2.24) is 0 Å². The van der Waals surface area contributed by atoms with Crippen LogP contribution in [-0.2, 0) is 4.79 Å². The smallest absolute Gasteiger partial charge is 0.335 e. The average Bonchev–Trinajstić information content (AvgIpc) is 2.47. The van der Waals surface area contributed by atoms with Gasteiger partial charge >= 0.3 is 5.97 Å². The number of benzene rings is 2. The molecular weight excluding hydrogens is 268 g/mol. The minimum Gasteiger partial charge on any atom is -0.478 e. The van der Waals surface area contributed by atoms with Gasteiger partial charge in [0.15, 0.2) is 0 Å². The molecule has 0 bridgehead atoms. The van der Waals surface area contributed by atoms with E-state index in [2.05, 4.69) is 5.32 Å². The molecule has 0 radical (unpaired) electrons. The average molecular weight is 284 g/mol. The molecule has 0 saturated heterocycles. The van der Waals surface area contributed by atoms with Crippen LogP contribution in [0.4, 0.5) is 5.69 Å². The third-order valence-electron chi connectivity index (χ3n) is 3.12. The molecule has 0 aliphatic heterocycles. The number of amides is 1. The molecule has 5 heteroatoms. The zero-order chi connectivity index (χ0) is 15.4. The molecule has 2 aromatic carbocycles. The number of carbonyl (C=O) groups excluding carboxylic acids is 1. The molecule has 2 aromatic rings. The van der Waals surface area contributed by atoms with Crippen molar-refractivity contribution in [2.75, 3.05) is 5.32 Å². The molecule has 0 fully saturated rings. The van der Waals surface area contributed by atoms with Crippen molar-refractivity contribution >= 4 is 17.6 Å². The fourth-order valence-electron chi connectivity index (χ4n) is 1.84. The van der Waals surface area contributed by atoms with Gasteiger partial charge in [-0.25, -0.2) is 4.79 Å². The van der Waals surface area contributed by atoms with Crippen molar-refractivity contribution in [1.29, 1.82) is 0 Å². The summed E-state index contributed by atoms with van der Waals surface area (Å²) in [5.41, 5.74) is 8.39. The molecule has 1 amide bonds. The molecule has 21 heavy (non-hydrogen) atoms. The Bertz CT molecular complexity index is 648. The molecule has 0 heterocycles. The third-order valence-corrected chi connectivity index (χ3v) is 3.12. The van der Waals surface area contributed by atoms with Crippen molar-refractivity contribution in [2.45, 2.75) is 13.0 Å². The van der Waals surface area contributed by atoms with Crippen molar-refractivity contribution < 1.29 is 14.7 Å². The predicted octanol–water partition coefficient (Wildman–Crippen LogP) is 2.33. The summed E-state index contributed by atoms with van der Waals surface area (Å²) in [6.45, 7) is 1.96. The van der Waals surface area contributed by atoms with Gasteiger partial charge in [-0.15, -0.1) is 0 Å². The van der Waals surface area contributed by atoms with E-state index in [0.29, 0.717) is 5.69 Å². The molecule has 4 N–H and O–H groups in total. The number of carbonyl (C=O) groups is 2. The Hall–Kier alpha value is -2.66. The van der Waals surface area contributed by atoms with E-state index in [0.717, 1.165) is 11.1 Å². The quantitative estimate of drug-likeness (QED) is 0.803. The molecule has 0 saturated carbocycles. The fourth-order valence-corrected chi connectivity index (χ4v) is 1.84. The van der Waals surface area contributed by atoms with Crippen LogP contribution in [-0.4, -0.2) is 17.0 Å². The van der Waals surface area contributed by atoms with E-state index in [1.807, 2.05) is 31.2 Å². The second-order valence-electron chi connectivity index (χ2n) is 4.76. The number of aryl methyl sites for hydroxylation is 1. The lowest BCUT2D eigenvalue weighted by molar-refractivity contribution is -0.117. The van der Waals surface area contributed by atoms with Crippen LogP contribution in [0.1, 0.15) is 27.5 Å². The summed E-state index contributed by atoms with van der Waals surface area (Å²) in [5.74, 6) is -1.36. The van der Waals surface area contributed by atoms with Gasteiger partial charge in [-0.05, 0) is 36.8 Å². The van der Waals surface area contributed by atoms with Crippen LogP contribution in [0.2, 0.25) is 0 Å². The largest absolute Gasteiger partial charge is 0.478 e. The molecule has 1 unspecified atom stereocenters. The van der Waals surface area contributed by atoms with Gasteiger partial charge in [0.1, 0.15) is 6.04 Å². The maximum atomic E-state index is 12.1. The monoisotopic (exact) mass is 284 g/mol. The first-order chi connectivity index (χ1) is 9.97. The zero-order valence-electron chi connectivity index (χ0n) is 11.5. The Morgan fingerprint density at radius 3 is 2.14 bits per heavy atom. The molecular formula is C16H16N2O3. The van der Waals surface area contributed by atoms with Crippen LogP contribution in [0.3, 0.4) is 0 Å². The maximum absolute atomic E-state index is 12.1. The van der Waals surface area contributed by atoms with Gasteiger partial charge in [0.2, 0.25) is 5.91 Å². The first kappa shape index (κ1) is 14.7. The highest BCUT2D eigenvalue weighted by Crippen LogP contribution is 2.15. The van der Waals surface area contributed by atoms with Gasteiger partial charge in [0, 0.05) is 5.69 Å². The molecule has 108 valence electrons. The summed E-state index contributed by atoms with van der Waals surface area (Å²) < 4.78 is 0. The highest BCUT2D eigenvalue weighted by Gasteiger charge is 2.15. The third kappa shape index (κ3) is 3.67. The van der Waals surface area contributed by atoms with Gasteiger partial charge in [-0.1, -0.05) is 29.8 Å². The zero-order valence-corrected chi connectivity index (χ0v) is 11.5. The second kappa shape index (κ2) is 6.19. The highest BCUT2D eigenvalue weighted by molar-refractivity contribution is 5.96. The Morgan fingerprint density at radius 2 is 1.62 bits per heavy atom. The van der Waals surface area contributed by atoms with Crippen LogP contribution in [0.5, 0.6) is 0 Å². The topological polar surface area (TPSA) is 92.4 Å². The maximum Gasteiger partial charge on any atom is 0.335 e. The number of carboxylic acids is 1. The fraction of sp³-hybridized carbons (Fsp3) is 0.125. The summed E-state index contributed by atoms with van der Waals surface area (Å²) in [7, 11) is 0. The lowest BCUT2D eigenvalue weighted by Gasteiger charge is -2.13. The van der Waals surface area contributed by atoms with Crippen LogP contribution in [0.25, 0.3) is 0 Å². The minimum absolute atomic E-state index is 0.163. The standard InChI is InChI=1S/C16H16N2O3/c1-10-2-4-11(5-3-10)14(17)15(19)18-13-8-6-12(7-9-13)16(20)21/h2-9,14H,17H2,1H3,(H,18,19)(H,20,21). The van der Waals surface area contributed by atoms with Crippen molar-refractivity contribution in [3.63, 3.8) is 0 Å². The molecule has 0 aromatic heterocycles. The molecule has 1 atom stereocenters. The first-order valence-electron chi connectivity index (χ1n) is 6.44. The van der Waals surface area contributed by atoms with E-state index in [1.165, 1.54) is 24.3 Å². The minimum atomic E-state index is -1.01. The van der Waals surface area contributed by atoms with Gasteiger partial charge < -0.3 is 16.2 Å². The van der Waals surface area contributed by atoms with Gasteiger partial charge in [-0.3, -0.25) is 4.79 Å². The lowest BCUT2D eigenvalue weighted by atomic mass is 10.1. The van der Waals surface area contributed by atoms with Gasteiger partial charge in [0.25, 0.3) is 0 Å². The Kier molecular flexibility index (Phi) is 4.35. The lowest BCUT2D eigenvalue weighted by Crippen LogP contribution is -2.27. The van der Waals surface area contributed by atoms with Crippen molar-refractivity contribution in [3.8, 4) is 0 Å². The summed E-state index contributed by atoms with van der Waals surface area (Å²) in [6, 6.07) is 12.6. The Balaban J connectivity index is 2.06. The summed E-state index contributed by atoms with van der Waals surface area (Å²) in [6.07, 6.45) is 0. The first-order valence-corrected chi connectivity index (χ1v) is 6.44. The number of aromatic carboxylic acids is 1. The van der Waals surface area contributed by atoms with Crippen molar-refractivity contribution in [3.05, 3.63) is 65.2 Å². The number of hydrogen-bond acceptors (Lipinski definition) is 3. The number of anilines is 1. The summed E-state index contributed by atoms with van der Waals surface area (Å²) in [4.78, 5) is 22.8. The highest BCUT2D eigenvalue weighted by atomic mass is 16.4. The van der Waals surface area contributed by atoms with Crippen molar-refractivity contribution in [2.24, 2.45) is 5.73 Å². The predicted molar refractivity (Wildman–Crippen MR) is 80.1 cm³/mol. The second-order valence-corrected chi connectivity index (χ2v) is 4.76.